The molecule has 2 aromatic rings. The van der Waals surface area contributed by atoms with Crippen molar-refractivity contribution in [1.29, 1.82) is 0 Å². The monoisotopic (exact) mass is 654 g/mol. The molecule has 1 atom stereocenters. The summed E-state index contributed by atoms with van der Waals surface area (Å²) >= 11 is 0. The summed E-state index contributed by atoms with van der Waals surface area (Å²) in [7, 11) is 1.76. The first-order valence-electron chi connectivity index (χ1n) is 18.2. The van der Waals surface area contributed by atoms with Crippen molar-refractivity contribution in [2.24, 2.45) is 10.9 Å². The summed E-state index contributed by atoms with van der Waals surface area (Å²) in [5, 5.41) is 6.71. The maximum atomic E-state index is 14.0. The number of unbranched alkanes of at least 4 members (excludes halogenated alkanes) is 2. The van der Waals surface area contributed by atoms with Gasteiger partial charge in [-0.3, -0.25) is 9.79 Å². The number of carbonyl (C=O) groups is 1. The molecule has 262 valence electrons. The van der Waals surface area contributed by atoms with E-state index in [2.05, 4.69) is 97.6 Å². The summed E-state index contributed by atoms with van der Waals surface area (Å²) in [4.78, 5) is 21.0. The van der Waals surface area contributed by atoms with Gasteiger partial charge in [0.25, 0.3) is 5.91 Å². The second-order valence-corrected chi connectivity index (χ2v) is 13.9. The third kappa shape index (κ3) is 12.0. The van der Waals surface area contributed by atoms with Crippen molar-refractivity contribution < 1.29 is 9.53 Å². The first-order chi connectivity index (χ1) is 23.0. The Hall–Kier alpha value is -3.80. The van der Waals surface area contributed by atoms with Crippen molar-refractivity contribution in [3.8, 4) is 0 Å². The minimum Gasteiger partial charge on any atom is -0.496 e. The third-order valence-corrected chi connectivity index (χ3v) is 9.29. The lowest BCUT2D eigenvalue weighted by atomic mass is 9.90. The molecule has 1 aliphatic heterocycles. The van der Waals surface area contributed by atoms with Crippen LogP contribution in [0.5, 0.6) is 0 Å². The van der Waals surface area contributed by atoms with Gasteiger partial charge >= 0.3 is 0 Å². The summed E-state index contributed by atoms with van der Waals surface area (Å²) in [6.45, 7) is 19.1. The SMILES string of the molecule is CCCCCC(CC)Cc1ccc(C(=O)NC(C)(C)C(=NC)Nc2cccc(C)c2)cc1N1CCO/C(C)=C/C(CC)=CC/C=C(\C)C1. The number of hydrogen-bond acceptors (Lipinski definition) is 4. The topological polar surface area (TPSA) is 66.0 Å². The van der Waals surface area contributed by atoms with Crippen LogP contribution in [-0.4, -0.2) is 44.0 Å². The fraction of sp³-hybridized carbons (Fsp3) is 0.524. The summed E-state index contributed by atoms with van der Waals surface area (Å²) < 4.78 is 6.24. The Morgan fingerprint density at radius 1 is 1.04 bits per heavy atom. The predicted molar refractivity (Wildman–Crippen MR) is 206 cm³/mol. The number of hydrogen-bond donors (Lipinski definition) is 2. The molecule has 0 saturated carbocycles. The molecule has 0 saturated heterocycles. The lowest BCUT2D eigenvalue weighted by molar-refractivity contribution is 0.0932. The summed E-state index contributed by atoms with van der Waals surface area (Å²) in [6.07, 6.45) is 15.8. The van der Waals surface area contributed by atoms with Gasteiger partial charge in [-0.15, -0.1) is 0 Å². The number of rotatable bonds is 13. The van der Waals surface area contributed by atoms with Gasteiger partial charge in [0, 0.05) is 30.5 Å². The molecular formula is C42H62N4O2. The van der Waals surface area contributed by atoms with Crippen LogP contribution in [0.3, 0.4) is 0 Å². The number of carbonyl (C=O) groups excluding carboxylic acids is 1. The molecule has 0 fully saturated rings. The summed E-state index contributed by atoms with van der Waals surface area (Å²) in [5.41, 5.74) is 7.06. The Labute approximate surface area is 291 Å². The number of allylic oxidation sites excluding steroid dienone is 5. The molecule has 1 unspecified atom stereocenters. The number of amides is 1. The third-order valence-electron chi connectivity index (χ3n) is 9.29. The Bertz CT molecular complexity index is 1470. The van der Waals surface area contributed by atoms with Gasteiger partial charge in [-0.1, -0.05) is 88.8 Å². The van der Waals surface area contributed by atoms with Gasteiger partial charge in [0.05, 0.1) is 17.8 Å². The second-order valence-electron chi connectivity index (χ2n) is 13.9. The van der Waals surface area contributed by atoms with E-state index in [1.807, 2.05) is 39.0 Å². The average Bonchev–Trinajstić information content (AvgIpc) is 3.05. The Morgan fingerprint density at radius 3 is 2.52 bits per heavy atom. The molecule has 1 heterocycles. The number of aryl methyl sites for hydroxylation is 1. The Kier molecular flexibility index (Phi) is 15.5. The number of aliphatic imine (C=N–C) groups is 1. The van der Waals surface area contributed by atoms with E-state index in [0.717, 1.165) is 61.5 Å². The molecule has 6 nitrogen and oxygen atoms in total. The molecule has 0 radical (unpaired) electrons. The van der Waals surface area contributed by atoms with E-state index in [0.29, 0.717) is 23.9 Å². The Balaban J connectivity index is 1.97. The molecule has 6 heteroatoms. The zero-order chi connectivity index (χ0) is 35.1. The zero-order valence-corrected chi connectivity index (χ0v) is 31.3. The minimum absolute atomic E-state index is 0.121. The van der Waals surface area contributed by atoms with Crippen molar-refractivity contribution in [2.75, 3.05) is 37.0 Å². The fourth-order valence-corrected chi connectivity index (χ4v) is 6.37. The highest BCUT2D eigenvalue weighted by Gasteiger charge is 2.28. The van der Waals surface area contributed by atoms with Crippen LogP contribution in [0.15, 0.2) is 82.6 Å². The van der Waals surface area contributed by atoms with Crippen molar-refractivity contribution in [1.82, 2.24) is 5.32 Å². The van der Waals surface area contributed by atoms with E-state index in [1.54, 1.807) is 7.05 Å². The maximum Gasteiger partial charge on any atom is 0.252 e. The predicted octanol–water partition coefficient (Wildman–Crippen LogP) is 10.2. The lowest BCUT2D eigenvalue weighted by Crippen LogP contribution is -2.52. The quantitative estimate of drug-likeness (QED) is 0.0976. The number of nitrogens with zero attached hydrogens (tertiary/aromatic N) is 2. The summed E-state index contributed by atoms with van der Waals surface area (Å²) in [5.74, 6) is 2.12. The van der Waals surface area contributed by atoms with Gasteiger partial charge in [-0.2, -0.15) is 0 Å². The molecule has 3 rings (SSSR count). The van der Waals surface area contributed by atoms with Crippen LogP contribution in [0, 0.1) is 12.8 Å². The Morgan fingerprint density at radius 2 is 1.83 bits per heavy atom. The molecular weight excluding hydrogens is 592 g/mol. The van der Waals surface area contributed by atoms with Gasteiger partial charge in [0.1, 0.15) is 12.4 Å². The van der Waals surface area contributed by atoms with Gasteiger partial charge in [-0.05, 0) is 107 Å². The molecule has 1 aliphatic rings. The highest BCUT2D eigenvalue weighted by Crippen LogP contribution is 2.30. The van der Waals surface area contributed by atoms with Crippen molar-refractivity contribution in [3.05, 3.63) is 94.3 Å². The molecule has 0 aliphatic carbocycles. The van der Waals surface area contributed by atoms with Gasteiger partial charge < -0.3 is 20.3 Å². The van der Waals surface area contributed by atoms with E-state index in [1.165, 1.54) is 42.4 Å². The molecule has 0 spiro atoms. The average molecular weight is 655 g/mol. The second kappa shape index (κ2) is 19.3. The largest absolute Gasteiger partial charge is 0.496 e. The molecule has 2 N–H and O–H groups in total. The van der Waals surface area contributed by atoms with Crippen LogP contribution in [0.1, 0.15) is 115 Å². The highest BCUT2D eigenvalue weighted by molar-refractivity contribution is 6.06. The van der Waals surface area contributed by atoms with Gasteiger partial charge in [0.2, 0.25) is 0 Å². The van der Waals surface area contributed by atoms with E-state index >= 15 is 0 Å². The maximum absolute atomic E-state index is 14.0. The fourth-order valence-electron chi connectivity index (χ4n) is 6.37. The number of benzene rings is 2. The van der Waals surface area contributed by atoms with Crippen LogP contribution in [0.4, 0.5) is 11.4 Å². The van der Waals surface area contributed by atoms with E-state index in [-0.39, 0.29) is 5.91 Å². The van der Waals surface area contributed by atoms with Crippen molar-refractivity contribution >= 4 is 23.1 Å². The first kappa shape index (κ1) is 38.6. The smallest absolute Gasteiger partial charge is 0.252 e. The molecule has 0 bridgehead atoms. The van der Waals surface area contributed by atoms with E-state index in [9.17, 15) is 4.79 Å². The molecule has 1 amide bonds. The molecule has 0 aromatic heterocycles. The van der Waals surface area contributed by atoms with Crippen LogP contribution < -0.4 is 15.5 Å². The van der Waals surface area contributed by atoms with Gasteiger partial charge in [-0.25, -0.2) is 0 Å². The van der Waals surface area contributed by atoms with Crippen LogP contribution in [0.2, 0.25) is 0 Å². The number of nitrogens with one attached hydrogen (secondary N) is 2. The van der Waals surface area contributed by atoms with E-state index in [4.69, 9.17) is 4.74 Å². The van der Waals surface area contributed by atoms with Gasteiger partial charge in [0.15, 0.2) is 0 Å². The number of ether oxygens (including phenoxy) is 1. The van der Waals surface area contributed by atoms with Crippen LogP contribution in [-0.2, 0) is 11.2 Å². The highest BCUT2D eigenvalue weighted by atomic mass is 16.5. The molecule has 48 heavy (non-hydrogen) atoms. The normalized spacial score (nSPS) is 17.8. The van der Waals surface area contributed by atoms with E-state index < -0.39 is 5.54 Å². The van der Waals surface area contributed by atoms with Crippen LogP contribution in [0.25, 0.3) is 0 Å². The number of anilines is 2. The van der Waals surface area contributed by atoms with Crippen LogP contribution >= 0.6 is 0 Å². The first-order valence-corrected chi connectivity index (χ1v) is 18.2. The summed E-state index contributed by atoms with van der Waals surface area (Å²) in [6, 6.07) is 14.5. The minimum atomic E-state index is -0.726. The van der Waals surface area contributed by atoms with Crippen molar-refractivity contribution in [2.45, 2.75) is 112 Å². The van der Waals surface area contributed by atoms with Crippen molar-refractivity contribution in [3.63, 3.8) is 0 Å². The zero-order valence-electron chi connectivity index (χ0n) is 31.3. The molecule has 2 aromatic carbocycles. The standard InChI is InChI=1S/C42H62N4O2/c1-10-13-14-19-35(12-3)28-36-22-23-37(40(47)45-42(7,8)41(43-9)44-38-21-16-17-31(4)26-38)29-39(36)46-24-25-48-33(6)27-34(11-2)20-15-18-32(5)30-46/h16-18,20-23,26-27,29,35H,10-15,19,24-25,28,30H2,1-9H3,(H,43,44)(H,45,47)/b32-18+,33-27+,34-20?. The lowest BCUT2D eigenvalue weighted by Gasteiger charge is -2.31. The number of amidine groups is 1.